The van der Waals surface area contributed by atoms with Gasteiger partial charge in [-0.25, -0.2) is 4.39 Å². The fraction of sp³-hybridized carbons (Fsp3) is 0.200. The molecule has 0 bridgehead atoms. The van der Waals surface area contributed by atoms with E-state index in [-0.39, 0.29) is 17.6 Å². The molecule has 1 atom stereocenters. The van der Waals surface area contributed by atoms with Gasteiger partial charge in [-0.3, -0.25) is 0 Å². The summed E-state index contributed by atoms with van der Waals surface area (Å²) in [5.74, 6) is 0.445. The SMILES string of the molecule is Cc1ccc(F)c(Oc2ccccc2[C@@H](C)N)c1. The highest BCUT2D eigenvalue weighted by atomic mass is 19.1. The Balaban J connectivity index is 2.37. The third-order valence-corrected chi connectivity index (χ3v) is 2.72. The summed E-state index contributed by atoms with van der Waals surface area (Å²) >= 11 is 0. The van der Waals surface area contributed by atoms with Gasteiger partial charge in [-0.1, -0.05) is 24.3 Å². The van der Waals surface area contributed by atoms with Gasteiger partial charge >= 0.3 is 0 Å². The zero-order valence-corrected chi connectivity index (χ0v) is 10.5. The van der Waals surface area contributed by atoms with Crippen LogP contribution >= 0.6 is 0 Å². The molecule has 0 radical (unpaired) electrons. The first-order chi connectivity index (χ1) is 8.58. The van der Waals surface area contributed by atoms with Crippen molar-refractivity contribution in [1.29, 1.82) is 0 Å². The van der Waals surface area contributed by atoms with Crippen molar-refractivity contribution < 1.29 is 9.13 Å². The van der Waals surface area contributed by atoms with Gasteiger partial charge in [-0.15, -0.1) is 0 Å². The van der Waals surface area contributed by atoms with Crippen LogP contribution in [0.4, 0.5) is 4.39 Å². The van der Waals surface area contributed by atoms with Crippen molar-refractivity contribution in [2.75, 3.05) is 0 Å². The van der Waals surface area contributed by atoms with Crippen LogP contribution in [-0.4, -0.2) is 0 Å². The highest BCUT2D eigenvalue weighted by Gasteiger charge is 2.10. The van der Waals surface area contributed by atoms with Gasteiger partial charge in [0.1, 0.15) is 5.75 Å². The molecule has 0 aliphatic carbocycles. The van der Waals surface area contributed by atoms with Gasteiger partial charge in [0.2, 0.25) is 0 Å². The zero-order chi connectivity index (χ0) is 13.1. The Kier molecular flexibility index (Phi) is 3.63. The summed E-state index contributed by atoms with van der Waals surface area (Å²) in [5.41, 5.74) is 7.67. The number of benzene rings is 2. The molecule has 0 aromatic heterocycles. The van der Waals surface area contributed by atoms with Gasteiger partial charge in [0.25, 0.3) is 0 Å². The molecule has 0 saturated carbocycles. The number of hydrogen-bond acceptors (Lipinski definition) is 2. The lowest BCUT2D eigenvalue weighted by atomic mass is 10.1. The quantitative estimate of drug-likeness (QED) is 0.888. The standard InChI is InChI=1S/C15H16FNO/c1-10-7-8-13(16)15(9-10)18-14-6-4-3-5-12(14)11(2)17/h3-9,11H,17H2,1-2H3/t11-/m1/s1. The van der Waals surface area contributed by atoms with E-state index in [0.29, 0.717) is 5.75 Å². The molecule has 18 heavy (non-hydrogen) atoms. The van der Waals surface area contributed by atoms with Gasteiger partial charge in [0.05, 0.1) is 0 Å². The monoisotopic (exact) mass is 245 g/mol. The molecule has 0 spiro atoms. The third kappa shape index (κ3) is 2.68. The Labute approximate surface area is 106 Å². The van der Waals surface area contributed by atoms with Crippen LogP contribution in [0.3, 0.4) is 0 Å². The summed E-state index contributed by atoms with van der Waals surface area (Å²) in [6, 6.07) is 12.0. The molecule has 2 aromatic carbocycles. The number of para-hydroxylation sites is 1. The molecule has 0 amide bonds. The van der Waals surface area contributed by atoms with Crippen LogP contribution in [0.25, 0.3) is 0 Å². The summed E-state index contributed by atoms with van der Waals surface area (Å²) in [7, 11) is 0. The highest BCUT2D eigenvalue weighted by Crippen LogP contribution is 2.30. The Morgan fingerprint density at radius 2 is 1.83 bits per heavy atom. The lowest BCUT2D eigenvalue weighted by Crippen LogP contribution is -2.06. The van der Waals surface area contributed by atoms with E-state index in [1.54, 1.807) is 18.2 Å². The fourth-order valence-electron chi connectivity index (χ4n) is 1.76. The van der Waals surface area contributed by atoms with E-state index in [2.05, 4.69) is 0 Å². The predicted molar refractivity (Wildman–Crippen MR) is 70.3 cm³/mol. The van der Waals surface area contributed by atoms with Crippen LogP contribution in [0.2, 0.25) is 0 Å². The van der Waals surface area contributed by atoms with Crippen LogP contribution in [-0.2, 0) is 0 Å². The van der Waals surface area contributed by atoms with Crippen LogP contribution in [0, 0.1) is 12.7 Å². The molecule has 0 saturated heterocycles. The molecule has 2 aromatic rings. The lowest BCUT2D eigenvalue weighted by molar-refractivity contribution is 0.434. The molecule has 2 N–H and O–H groups in total. The first-order valence-corrected chi connectivity index (χ1v) is 5.86. The van der Waals surface area contributed by atoms with E-state index < -0.39 is 0 Å². The molecule has 94 valence electrons. The number of halogens is 1. The van der Waals surface area contributed by atoms with Crippen molar-refractivity contribution in [3.63, 3.8) is 0 Å². The molecule has 0 aliphatic rings. The number of ether oxygens (including phenoxy) is 1. The molecule has 3 heteroatoms. The van der Waals surface area contributed by atoms with Crippen molar-refractivity contribution >= 4 is 0 Å². The maximum absolute atomic E-state index is 13.6. The van der Waals surface area contributed by atoms with Gasteiger partial charge in [0.15, 0.2) is 11.6 Å². The van der Waals surface area contributed by atoms with Crippen LogP contribution in [0.5, 0.6) is 11.5 Å². The normalized spacial score (nSPS) is 12.2. The van der Waals surface area contributed by atoms with Crippen molar-refractivity contribution in [2.24, 2.45) is 5.73 Å². The van der Waals surface area contributed by atoms with E-state index in [4.69, 9.17) is 10.5 Å². The van der Waals surface area contributed by atoms with Crippen molar-refractivity contribution in [3.8, 4) is 11.5 Å². The van der Waals surface area contributed by atoms with E-state index in [0.717, 1.165) is 11.1 Å². The van der Waals surface area contributed by atoms with E-state index in [9.17, 15) is 4.39 Å². The van der Waals surface area contributed by atoms with Crippen LogP contribution in [0.1, 0.15) is 24.1 Å². The Morgan fingerprint density at radius 3 is 2.56 bits per heavy atom. The third-order valence-electron chi connectivity index (χ3n) is 2.72. The van der Waals surface area contributed by atoms with Gasteiger partial charge < -0.3 is 10.5 Å². The lowest BCUT2D eigenvalue weighted by Gasteiger charge is -2.14. The topological polar surface area (TPSA) is 35.2 Å². The smallest absolute Gasteiger partial charge is 0.165 e. The average molecular weight is 245 g/mol. The highest BCUT2D eigenvalue weighted by molar-refractivity contribution is 5.40. The van der Waals surface area contributed by atoms with Crippen molar-refractivity contribution in [1.82, 2.24) is 0 Å². The predicted octanol–water partition coefficient (Wildman–Crippen LogP) is 3.95. The van der Waals surface area contributed by atoms with Gasteiger partial charge in [-0.2, -0.15) is 0 Å². The van der Waals surface area contributed by atoms with Crippen LogP contribution in [0.15, 0.2) is 42.5 Å². The first-order valence-electron chi connectivity index (χ1n) is 5.86. The maximum Gasteiger partial charge on any atom is 0.165 e. The molecule has 0 fully saturated rings. The second-order valence-electron chi connectivity index (χ2n) is 4.36. The number of rotatable bonds is 3. The van der Waals surface area contributed by atoms with Gasteiger partial charge in [-0.05, 0) is 37.6 Å². The Bertz CT molecular complexity index is 552. The van der Waals surface area contributed by atoms with Crippen LogP contribution < -0.4 is 10.5 Å². The summed E-state index contributed by atoms with van der Waals surface area (Å²) in [5, 5.41) is 0. The summed E-state index contributed by atoms with van der Waals surface area (Å²) in [6.07, 6.45) is 0. The van der Waals surface area contributed by atoms with Crippen molar-refractivity contribution in [3.05, 3.63) is 59.4 Å². The van der Waals surface area contributed by atoms with E-state index >= 15 is 0 Å². The molecule has 0 unspecified atom stereocenters. The summed E-state index contributed by atoms with van der Waals surface area (Å²) in [6.45, 7) is 3.76. The molecule has 2 rings (SSSR count). The second kappa shape index (κ2) is 5.19. The first kappa shape index (κ1) is 12.6. The number of nitrogens with two attached hydrogens (primary N) is 1. The minimum absolute atomic E-state index is 0.158. The molecular formula is C15H16FNO. The minimum Gasteiger partial charge on any atom is -0.454 e. The zero-order valence-electron chi connectivity index (χ0n) is 10.5. The molecule has 0 aliphatic heterocycles. The Hall–Kier alpha value is -1.87. The molecule has 0 heterocycles. The maximum atomic E-state index is 13.6. The minimum atomic E-state index is -0.375. The second-order valence-corrected chi connectivity index (χ2v) is 4.36. The summed E-state index contributed by atoms with van der Waals surface area (Å²) in [4.78, 5) is 0. The van der Waals surface area contributed by atoms with E-state index in [1.165, 1.54) is 6.07 Å². The molecule has 2 nitrogen and oxygen atoms in total. The molecular weight excluding hydrogens is 229 g/mol. The average Bonchev–Trinajstić information content (AvgIpc) is 2.34. The van der Waals surface area contributed by atoms with Gasteiger partial charge in [0, 0.05) is 11.6 Å². The van der Waals surface area contributed by atoms with Crippen molar-refractivity contribution in [2.45, 2.75) is 19.9 Å². The van der Waals surface area contributed by atoms with E-state index in [1.807, 2.05) is 32.0 Å². The number of aryl methyl sites for hydroxylation is 1. The summed E-state index contributed by atoms with van der Waals surface area (Å²) < 4.78 is 19.3. The number of hydrogen-bond donors (Lipinski definition) is 1. The fourth-order valence-corrected chi connectivity index (χ4v) is 1.76. The Morgan fingerprint density at radius 1 is 1.11 bits per heavy atom. The largest absolute Gasteiger partial charge is 0.454 e.